The molecular weight excluding hydrogens is 440 g/mol. The van der Waals surface area contributed by atoms with Crippen molar-refractivity contribution in [1.29, 1.82) is 0 Å². The third kappa shape index (κ3) is 30.2. The lowest BCUT2D eigenvalue weighted by Gasteiger charge is -2.05. The standard InChI is InChI=1S/C34H58O2/c1-3-5-7-9-11-13-15-17-19-20-22-24-26-28-30-32-34(35)36-33-31-29-27-25-23-21-18-16-14-12-10-8-6-4-2/h5,7-8,10-14,17,19H,3-4,6,9,15-16,18,20-33H2,1-2H3/b7-5-,10-8-,13-11-,14-12+,19-17-. The van der Waals surface area contributed by atoms with E-state index in [1.807, 2.05) is 0 Å². The summed E-state index contributed by atoms with van der Waals surface area (Å²) in [7, 11) is 0. The van der Waals surface area contributed by atoms with Crippen molar-refractivity contribution in [2.24, 2.45) is 0 Å². The first-order valence-corrected chi connectivity index (χ1v) is 15.2. The van der Waals surface area contributed by atoms with Gasteiger partial charge in [-0.2, -0.15) is 0 Å². The summed E-state index contributed by atoms with van der Waals surface area (Å²) in [6.45, 7) is 4.97. The average Bonchev–Trinajstić information content (AvgIpc) is 2.88. The summed E-state index contributed by atoms with van der Waals surface area (Å²) in [5, 5.41) is 0. The maximum atomic E-state index is 11.9. The molecule has 0 aliphatic rings. The van der Waals surface area contributed by atoms with Gasteiger partial charge in [0.1, 0.15) is 0 Å². The van der Waals surface area contributed by atoms with Crippen LogP contribution in [-0.2, 0) is 9.53 Å². The highest BCUT2D eigenvalue weighted by molar-refractivity contribution is 5.69. The van der Waals surface area contributed by atoms with E-state index in [9.17, 15) is 4.79 Å². The number of hydrogen-bond acceptors (Lipinski definition) is 2. The van der Waals surface area contributed by atoms with E-state index in [1.54, 1.807) is 0 Å². The van der Waals surface area contributed by atoms with Gasteiger partial charge in [-0.25, -0.2) is 0 Å². The van der Waals surface area contributed by atoms with Crippen LogP contribution in [0.3, 0.4) is 0 Å². The Bertz CT molecular complexity index is 594. The van der Waals surface area contributed by atoms with Crippen LogP contribution in [0.15, 0.2) is 60.8 Å². The molecule has 0 unspecified atom stereocenters. The van der Waals surface area contributed by atoms with Crippen LogP contribution in [0.25, 0.3) is 0 Å². The van der Waals surface area contributed by atoms with Gasteiger partial charge in [0.2, 0.25) is 0 Å². The first kappa shape index (κ1) is 34.2. The average molecular weight is 499 g/mol. The van der Waals surface area contributed by atoms with Crippen LogP contribution >= 0.6 is 0 Å². The van der Waals surface area contributed by atoms with Crippen molar-refractivity contribution >= 4 is 5.97 Å². The van der Waals surface area contributed by atoms with E-state index in [4.69, 9.17) is 4.74 Å². The van der Waals surface area contributed by atoms with Crippen LogP contribution in [0, 0.1) is 0 Å². The molecule has 0 aromatic rings. The summed E-state index contributed by atoms with van der Waals surface area (Å²) in [5.74, 6) is -0.00577. The van der Waals surface area contributed by atoms with Crippen LogP contribution in [0.2, 0.25) is 0 Å². The molecule has 0 spiro atoms. The van der Waals surface area contributed by atoms with Crippen molar-refractivity contribution in [3.05, 3.63) is 60.8 Å². The molecule has 0 saturated carbocycles. The van der Waals surface area contributed by atoms with Gasteiger partial charge in [0, 0.05) is 6.42 Å². The fourth-order valence-electron chi connectivity index (χ4n) is 3.91. The fourth-order valence-corrected chi connectivity index (χ4v) is 3.91. The lowest BCUT2D eigenvalue weighted by Crippen LogP contribution is -2.05. The number of hydrogen-bond donors (Lipinski definition) is 0. The molecule has 0 N–H and O–H groups in total. The molecule has 36 heavy (non-hydrogen) atoms. The molecule has 0 bridgehead atoms. The van der Waals surface area contributed by atoms with Crippen LogP contribution in [0.5, 0.6) is 0 Å². The molecule has 2 heteroatoms. The molecule has 2 nitrogen and oxygen atoms in total. The van der Waals surface area contributed by atoms with Gasteiger partial charge in [0.05, 0.1) is 6.61 Å². The Kier molecular flexibility index (Phi) is 29.6. The molecular formula is C34H58O2. The van der Waals surface area contributed by atoms with Crippen LogP contribution in [-0.4, -0.2) is 12.6 Å². The van der Waals surface area contributed by atoms with Crippen molar-refractivity contribution in [3.63, 3.8) is 0 Å². The molecule has 0 radical (unpaired) electrons. The second-order valence-electron chi connectivity index (χ2n) is 9.73. The van der Waals surface area contributed by atoms with Crippen molar-refractivity contribution in [2.75, 3.05) is 6.61 Å². The minimum Gasteiger partial charge on any atom is -0.466 e. The summed E-state index contributed by atoms with van der Waals surface area (Å²) < 4.78 is 5.40. The van der Waals surface area contributed by atoms with Gasteiger partial charge < -0.3 is 4.74 Å². The second-order valence-corrected chi connectivity index (χ2v) is 9.73. The summed E-state index contributed by atoms with van der Waals surface area (Å²) in [5.41, 5.74) is 0. The van der Waals surface area contributed by atoms with E-state index in [-0.39, 0.29) is 5.97 Å². The Morgan fingerprint density at radius 1 is 0.528 bits per heavy atom. The quantitative estimate of drug-likeness (QED) is 0.0513. The molecule has 0 aliphatic heterocycles. The molecule has 0 heterocycles. The predicted octanol–water partition coefficient (Wildman–Crippen LogP) is 11.2. The summed E-state index contributed by atoms with van der Waals surface area (Å²) in [4.78, 5) is 11.9. The highest BCUT2D eigenvalue weighted by Crippen LogP contribution is 2.11. The van der Waals surface area contributed by atoms with Gasteiger partial charge >= 0.3 is 5.97 Å². The van der Waals surface area contributed by atoms with Crippen molar-refractivity contribution in [3.8, 4) is 0 Å². The number of rotatable bonds is 26. The third-order valence-electron chi connectivity index (χ3n) is 6.15. The SMILES string of the molecule is CC/C=C\C/C=C\C/C=C\CCCCCCCC(=O)OCCCCCCCCC/C=C/C=C\CCC. The first-order chi connectivity index (χ1) is 17.8. The molecule has 0 saturated heterocycles. The minimum absolute atomic E-state index is 0.00577. The van der Waals surface area contributed by atoms with Crippen LogP contribution in [0.1, 0.15) is 142 Å². The number of carbonyl (C=O) groups is 1. The third-order valence-corrected chi connectivity index (χ3v) is 6.15. The van der Waals surface area contributed by atoms with Crippen molar-refractivity contribution < 1.29 is 9.53 Å². The predicted molar refractivity (Wildman–Crippen MR) is 160 cm³/mol. The molecule has 0 rings (SSSR count). The monoisotopic (exact) mass is 498 g/mol. The van der Waals surface area contributed by atoms with Crippen LogP contribution < -0.4 is 0 Å². The smallest absolute Gasteiger partial charge is 0.305 e. The number of carbonyl (C=O) groups excluding carboxylic acids is 1. The lowest BCUT2D eigenvalue weighted by atomic mass is 10.1. The van der Waals surface area contributed by atoms with Gasteiger partial charge in [-0.05, 0) is 64.2 Å². The highest BCUT2D eigenvalue weighted by atomic mass is 16.5. The number of ether oxygens (including phenoxy) is 1. The van der Waals surface area contributed by atoms with Gasteiger partial charge in [-0.3, -0.25) is 4.79 Å². The largest absolute Gasteiger partial charge is 0.466 e. The van der Waals surface area contributed by atoms with Crippen molar-refractivity contribution in [2.45, 2.75) is 142 Å². The number of unbranched alkanes of at least 4 members (excludes halogenated alkanes) is 13. The zero-order chi connectivity index (χ0) is 26.2. The van der Waals surface area contributed by atoms with E-state index in [1.165, 1.54) is 83.5 Å². The molecule has 0 fully saturated rings. The number of esters is 1. The van der Waals surface area contributed by atoms with Gasteiger partial charge in [0.25, 0.3) is 0 Å². The number of allylic oxidation sites excluding steroid dienone is 10. The molecule has 0 amide bonds. The molecule has 206 valence electrons. The minimum atomic E-state index is -0.00577. The maximum absolute atomic E-state index is 11.9. The molecule has 0 aliphatic carbocycles. The van der Waals surface area contributed by atoms with E-state index >= 15 is 0 Å². The van der Waals surface area contributed by atoms with Gasteiger partial charge in [-0.15, -0.1) is 0 Å². The summed E-state index contributed by atoms with van der Waals surface area (Å²) in [6.07, 6.45) is 45.4. The Balaban J connectivity index is 3.30. The highest BCUT2D eigenvalue weighted by Gasteiger charge is 2.02. The van der Waals surface area contributed by atoms with E-state index in [2.05, 4.69) is 74.6 Å². The van der Waals surface area contributed by atoms with E-state index in [0.29, 0.717) is 13.0 Å². The second kappa shape index (κ2) is 31.2. The first-order valence-electron chi connectivity index (χ1n) is 15.2. The van der Waals surface area contributed by atoms with E-state index < -0.39 is 0 Å². The molecule has 0 aromatic carbocycles. The van der Waals surface area contributed by atoms with Gasteiger partial charge in [0.15, 0.2) is 0 Å². The Morgan fingerprint density at radius 3 is 1.67 bits per heavy atom. The Morgan fingerprint density at radius 2 is 1.03 bits per heavy atom. The fraction of sp³-hybridized carbons (Fsp3) is 0.676. The normalized spacial score (nSPS) is 12.4. The maximum Gasteiger partial charge on any atom is 0.305 e. The summed E-state index contributed by atoms with van der Waals surface area (Å²) >= 11 is 0. The van der Waals surface area contributed by atoms with Crippen LogP contribution in [0.4, 0.5) is 0 Å². The Labute approximate surface area is 225 Å². The van der Waals surface area contributed by atoms with Gasteiger partial charge in [-0.1, -0.05) is 132 Å². The van der Waals surface area contributed by atoms with E-state index in [0.717, 1.165) is 38.5 Å². The molecule has 0 atom stereocenters. The zero-order valence-electron chi connectivity index (χ0n) is 23.9. The lowest BCUT2D eigenvalue weighted by molar-refractivity contribution is -0.143. The Hall–Kier alpha value is -1.83. The summed E-state index contributed by atoms with van der Waals surface area (Å²) in [6, 6.07) is 0. The molecule has 0 aromatic heterocycles. The van der Waals surface area contributed by atoms with Crippen molar-refractivity contribution in [1.82, 2.24) is 0 Å². The zero-order valence-corrected chi connectivity index (χ0v) is 23.9. The topological polar surface area (TPSA) is 26.3 Å².